The van der Waals surface area contributed by atoms with Gasteiger partial charge < -0.3 is 10.6 Å². The van der Waals surface area contributed by atoms with E-state index < -0.39 is 0 Å². The summed E-state index contributed by atoms with van der Waals surface area (Å²) < 4.78 is 1.69. The Labute approximate surface area is 109 Å². The van der Waals surface area contributed by atoms with E-state index in [0.29, 0.717) is 19.5 Å². The van der Waals surface area contributed by atoms with Gasteiger partial charge >= 0.3 is 0 Å². The van der Waals surface area contributed by atoms with Crippen LogP contribution in [0.2, 0.25) is 0 Å². The van der Waals surface area contributed by atoms with E-state index in [1.807, 2.05) is 40.9 Å². The molecule has 0 aliphatic carbocycles. The summed E-state index contributed by atoms with van der Waals surface area (Å²) in [5.41, 5.74) is 0.881. The van der Waals surface area contributed by atoms with Gasteiger partial charge in [-0.25, -0.2) is 0 Å². The average molecular weight is 255 g/mol. The van der Waals surface area contributed by atoms with E-state index in [9.17, 15) is 4.79 Å². The third-order valence-electron chi connectivity index (χ3n) is 1.96. The molecule has 6 nitrogen and oxygen atoms in total. The van der Waals surface area contributed by atoms with Gasteiger partial charge in [0.2, 0.25) is 5.91 Å². The van der Waals surface area contributed by atoms with Gasteiger partial charge in [0.05, 0.1) is 12.2 Å². The smallest absolute Gasteiger partial charge is 0.222 e. The molecule has 0 aliphatic rings. The van der Waals surface area contributed by atoms with Crippen molar-refractivity contribution >= 4 is 5.91 Å². The number of nitrogens with one attached hydrogen (secondary N) is 2. The Hall–Kier alpha value is -1.43. The molecular weight excluding hydrogens is 230 g/mol. The number of aromatic nitrogens is 3. The van der Waals surface area contributed by atoms with Gasteiger partial charge in [0.15, 0.2) is 0 Å². The van der Waals surface area contributed by atoms with Gasteiger partial charge in [-0.1, -0.05) is 19.1 Å². The van der Waals surface area contributed by atoms with Gasteiger partial charge in [-0.05, 0) is 20.9 Å². The van der Waals surface area contributed by atoms with Gasteiger partial charge in [0.1, 0.15) is 0 Å². The molecule has 6 heteroatoms. The van der Waals surface area contributed by atoms with Crippen molar-refractivity contribution in [2.45, 2.75) is 53.2 Å². The van der Waals surface area contributed by atoms with Crippen molar-refractivity contribution in [2.24, 2.45) is 0 Å². The van der Waals surface area contributed by atoms with Crippen LogP contribution in [0.5, 0.6) is 0 Å². The Bertz CT molecular complexity index is 335. The number of carbonyl (C=O) groups is 1. The summed E-state index contributed by atoms with van der Waals surface area (Å²) in [5, 5.41) is 13.7. The number of rotatable bonds is 6. The van der Waals surface area contributed by atoms with Gasteiger partial charge in [0, 0.05) is 25.2 Å². The standard InChI is InChI=1S/C10H19N5O.C2H6/c1-8(2)12-10(16)4-5-15-7-9(6-11-3)13-14-15;1-2/h7-8,11H,4-6H2,1-3H3,(H,12,16);1-2H3. The van der Waals surface area contributed by atoms with Crippen molar-refractivity contribution in [1.29, 1.82) is 0 Å². The summed E-state index contributed by atoms with van der Waals surface area (Å²) in [6.45, 7) is 9.14. The van der Waals surface area contributed by atoms with Crippen LogP contribution in [0, 0.1) is 0 Å². The second-order valence-corrected chi connectivity index (χ2v) is 3.98. The summed E-state index contributed by atoms with van der Waals surface area (Å²) in [4.78, 5) is 11.4. The molecule has 0 fully saturated rings. The van der Waals surface area contributed by atoms with Gasteiger partial charge in [-0.2, -0.15) is 0 Å². The first kappa shape index (κ1) is 16.6. The molecule has 18 heavy (non-hydrogen) atoms. The fraction of sp³-hybridized carbons (Fsp3) is 0.750. The summed E-state index contributed by atoms with van der Waals surface area (Å²) in [6, 6.07) is 0.183. The zero-order valence-corrected chi connectivity index (χ0v) is 12.0. The van der Waals surface area contributed by atoms with Crippen LogP contribution in [0.4, 0.5) is 0 Å². The maximum atomic E-state index is 11.4. The predicted molar refractivity (Wildman–Crippen MR) is 72.0 cm³/mol. The number of amides is 1. The molecule has 0 saturated carbocycles. The van der Waals surface area contributed by atoms with Crippen LogP contribution in [0.3, 0.4) is 0 Å². The lowest BCUT2D eigenvalue weighted by atomic mass is 10.3. The lowest BCUT2D eigenvalue weighted by molar-refractivity contribution is -0.121. The molecule has 0 radical (unpaired) electrons. The SMILES string of the molecule is CC.CNCc1cn(CCC(=O)NC(C)C)nn1. The molecule has 0 bridgehead atoms. The van der Waals surface area contributed by atoms with Gasteiger partial charge in [-0.15, -0.1) is 5.10 Å². The average Bonchev–Trinajstić information content (AvgIpc) is 2.77. The molecule has 0 atom stereocenters. The highest BCUT2D eigenvalue weighted by Gasteiger charge is 2.05. The Balaban J connectivity index is 0.00000137. The lowest BCUT2D eigenvalue weighted by Gasteiger charge is -2.07. The maximum Gasteiger partial charge on any atom is 0.222 e. The van der Waals surface area contributed by atoms with Crippen molar-refractivity contribution in [1.82, 2.24) is 25.6 Å². The molecule has 104 valence electrons. The lowest BCUT2D eigenvalue weighted by Crippen LogP contribution is -2.30. The normalized spacial score (nSPS) is 9.89. The topological polar surface area (TPSA) is 71.8 Å². The van der Waals surface area contributed by atoms with E-state index in [1.165, 1.54) is 0 Å². The third kappa shape index (κ3) is 7.01. The zero-order valence-electron chi connectivity index (χ0n) is 12.0. The minimum atomic E-state index is 0.0423. The van der Waals surface area contributed by atoms with E-state index in [2.05, 4.69) is 20.9 Å². The van der Waals surface area contributed by atoms with Crippen molar-refractivity contribution in [3.63, 3.8) is 0 Å². The van der Waals surface area contributed by atoms with Crippen LogP contribution in [0.1, 0.15) is 39.8 Å². The number of aryl methyl sites for hydroxylation is 1. The second-order valence-electron chi connectivity index (χ2n) is 3.98. The monoisotopic (exact) mass is 255 g/mol. The fourth-order valence-electron chi connectivity index (χ4n) is 1.32. The van der Waals surface area contributed by atoms with Gasteiger partial charge in [-0.3, -0.25) is 9.48 Å². The van der Waals surface area contributed by atoms with E-state index in [-0.39, 0.29) is 11.9 Å². The molecule has 0 aromatic carbocycles. The largest absolute Gasteiger partial charge is 0.354 e. The highest BCUT2D eigenvalue weighted by molar-refractivity contribution is 5.75. The van der Waals surface area contributed by atoms with E-state index in [4.69, 9.17) is 0 Å². The Morgan fingerprint density at radius 3 is 2.67 bits per heavy atom. The van der Waals surface area contributed by atoms with E-state index >= 15 is 0 Å². The van der Waals surface area contributed by atoms with E-state index in [0.717, 1.165) is 5.69 Å². The molecule has 1 aromatic rings. The fourth-order valence-corrected chi connectivity index (χ4v) is 1.32. The molecule has 2 N–H and O–H groups in total. The Morgan fingerprint density at radius 1 is 1.44 bits per heavy atom. The Kier molecular flexibility index (Phi) is 8.82. The van der Waals surface area contributed by atoms with Crippen molar-refractivity contribution in [3.8, 4) is 0 Å². The molecule has 1 heterocycles. The van der Waals surface area contributed by atoms with Crippen LogP contribution in [-0.2, 0) is 17.9 Å². The minimum Gasteiger partial charge on any atom is -0.354 e. The number of carbonyl (C=O) groups excluding carboxylic acids is 1. The summed E-state index contributed by atoms with van der Waals surface area (Å²) in [6.07, 6.45) is 2.28. The van der Waals surface area contributed by atoms with Crippen molar-refractivity contribution in [3.05, 3.63) is 11.9 Å². The number of nitrogens with zero attached hydrogens (tertiary/aromatic N) is 3. The molecule has 1 rings (SSSR count). The van der Waals surface area contributed by atoms with Crippen LogP contribution < -0.4 is 10.6 Å². The first-order valence-electron chi connectivity index (χ1n) is 6.44. The van der Waals surface area contributed by atoms with Gasteiger partial charge in [0.25, 0.3) is 0 Å². The third-order valence-corrected chi connectivity index (χ3v) is 1.96. The van der Waals surface area contributed by atoms with Crippen LogP contribution in [-0.4, -0.2) is 34.0 Å². The molecule has 0 saturated heterocycles. The summed E-state index contributed by atoms with van der Waals surface area (Å²) >= 11 is 0. The summed E-state index contributed by atoms with van der Waals surface area (Å²) in [5.74, 6) is 0.0423. The minimum absolute atomic E-state index is 0.0423. The van der Waals surface area contributed by atoms with Crippen molar-refractivity contribution in [2.75, 3.05) is 7.05 Å². The van der Waals surface area contributed by atoms with E-state index in [1.54, 1.807) is 4.68 Å². The highest BCUT2D eigenvalue weighted by Crippen LogP contribution is 1.94. The molecule has 1 aromatic heterocycles. The second kappa shape index (κ2) is 9.58. The molecule has 0 aliphatic heterocycles. The first-order valence-corrected chi connectivity index (χ1v) is 6.44. The van der Waals surface area contributed by atoms with Crippen LogP contribution in [0.15, 0.2) is 6.20 Å². The zero-order chi connectivity index (χ0) is 14.0. The highest BCUT2D eigenvalue weighted by atomic mass is 16.1. The van der Waals surface area contributed by atoms with Crippen LogP contribution in [0.25, 0.3) is 0 Å². The van der Waals surface area contributed by atoms with Crippen LogP contribution >= 0.6 is 0 Å². The van der Waals surface area contributed by atoms with Crippen molar-refractivity contribution < 1.29 is 4.79 Å². The molecule has 0 unspecified atom stereocenters. The predicted octanol–water partition coefficient (Wildman–Crippen LogP) is 0.938. The molecule has 1 amide bonds. The number of hydrogen-bond donors (Lipinski definition) is 2. The molecule has 0 spiro atoms. The Morgan fingerprint density at radius 2 is 2.11 bits per heavy atom. The quantitative estimate of drug-likeness (QED) is 0.793. The first-order chi connectivity index (χ1) is 8.61. The molecular formula is C12H25N5O. The number of hydrogen-bond acceptors (Lipinski definition) is 4. The summed E-state index contributed by atoms with van der Waals surface area (Å²) in [7, 11) is 1.86. The maximum absolute atomic E-state index is 11.4.